The topological polar surface area (TPSA) is 78.4 Å². The first-order valence-electron chi connectivity index (χ1n) is 17.9. The van der Waals surface area contributed by atoms with Crippen LogP contribution in [0.25, 0.3) is 0 Å². The number of carbonyl (C=O) groups excluding carboxylic acids is 2. The Labute approximate surface area is 255 Å². The number of nitrogens with zero attached hydrogens (tertiary/aromatic N) is 1. The molecular weight excluding hydrogens is 510 g/mol. The van der Waals surface area contributed by atoms with Crippen LogP contribution in [0.1, 0.15) is 168 Å². The molecule has 0 aliphatic carbocycles. The van der Waals surface area contributed by atoms with Crippen molar-refractivity contribution in [3.8, 4) is 0 Å². The number of rotatable bonds is 32. The number of unbranched alkanes of at least 4 members (excludes halogenated alkanes) is 20. The molecule has 0 saturated carbocycles. The minimum Gasteiger partial charge on any atom is -0.391 e. The fourth-order valence-electron chi connectivity index (χ4n) is 5.58. The number of quaternary nitrogens is 1. The number of carbonyl (C=O) groups is 2. The highest BCUT2D eigenvalue weighted by Gasteiger charge is 2.21. The number of aliphatic hydroxyl groups excluding tert-OH is 1. The van der Waals surface area contributed by atoms with Crippen molar-refractivity contribution in [2.75, 3.05) is 46.4 Å². The first-order valence-corrected chi connectivity index (χ1v) is 17.9. The van der Waals surface area contributed by atoms with E-state index in [0.717, 1.165) is 38.8 Å². The van der Waals surface area contributed by atoms with E-state index in [2.05, 4.69) is 31.5 Å². The number of nitrogens with one attached hydrogen (secondary N) is 2. The lowest BCUT2D eigenvalue weighted by molar-refractivity contribution is -0.907. The van der Waals surface area contributed by atoms with E-state index in [9.17, 15) is 14.7 Å². The summed E-state index contributed by atoms with van der Waals surface area (Å²) in [5, 5.41) is 15.7. The second kappa shape index (κ2) is 30.3. The highest BCUT2D eigenvalue weighted by molar-refractivity contribution is 5.76. The van der Waals surface area contributed by atoms with Crippen molar-refractivity contribution in [3.63, 3.8) is 0 Å². The molecule has 6 heteroatoms. The van der Waals surface area contributed by atoms with Gasteiger partial charge in [-0.2, -0.15) is 0 Å². The maximum atomic E-state index is 12.3. The highest BCUT2D eigenvalue weighted by Crippen LogP contribution is 2.13. The maximum absolute atomic E-state index is 12.3. The van der Waals surface area contributed by atoms with E-state index in [4.69, 9.17) is 0 Å². The number of likely N-dealkylation sites (N-methyl/N-ethyl adjacent to an activating group) is 1. The van der Waals surface area contributed by atoms with Gasteiger partial charge in [-0.1, -0.05) is 142 Å². The van der Waals surface area contributed by atoms with Crippen molar-refractivity contribution in [2.24, 2.45) is 0 Å². The summed E-state index contributed by atoms with van der Waals surface area (Å²) in [6.07, 6.45) is 29.6. The van der Waals surface area contributed by atoms with Gasteiger partial charge in [-0.05, 0) is 12.8 Å². The van der Waals surface area contributed by atoms with Gasteiger partial charge in [-0.15, -0.1) is 0 Å². The van der Waals surface area contributed by atoms with Gasteiger partial charge in [0.2, 0.25) is 11.8 Å². The molecule has 0 spiro atoms. The zero-order valence-corrected chi connectivity index (χ0v) is 27.9. The summed E-state index contributed by atoms with van der Waals surface area (Å²) in [6, 6.07) is 0. The molecule has 0 aliphatic heterocycles. The van der Waals surface area contributed by atoms with Crippen LogP contribution < -0.4 is 10.6 Å². The second-order valence-electron chi connectivity index (χ2n) is 12.8. The van der Waals surface area contributed by atoms with E-state index >= 15 is 0 Å². The fraction of sp³-hybridized carbons (Fsp3) is 0.943. The largest absolute Gasteiger partial charge is 0.391 e. The Bertz CT molecular complexity index is 541. The molecule has 0 saturated heterocycles. The third kappa shape index (κ3) is 28.7. The van der Waals surface area contributed by atoms with Crippen LogP contribution in [0.3, 0.4) is 0 Å². The molecule has 0 heterocycles. The predicted octanol–water partition coefficient (Wildman–Crippen LogP) is 8.06. The van der Waals surface area contributed by atoms with Crippen LogP contribution >= 0.6 is 0 Å². The zero-order valence-electron chi connectivity index (χ0n) is 27.9. The van der Waals surface area contributed by atoms with Gasteiger partial charge in [0.25, 0.3) is 0 Å². The van der Waals surface area contributed by atoms with Crippen molar-refractivity contribution >= 4 is 11.8 Å². The number of aliphatic hydroxyl groups is 1. The van der Waals surface area contributed by atoms with Gasteiger partial charge in [0.1, 0.15) is 6.54 Å². The number of hydrogen-bond acceptors (Lipinski definition) is 3. The molecule has 6 nitrogen and oxygen atoms in total. The SMILES string of the molecule is CCCCCCCCCCCCCC(=O)NCC[N+](C)(CCO)CCNC(=O)CCCCCCCCCCCCC. The standard InChI is InChI=1S/C35H71N3O3/c1-4-6-8-10-12-14-16-18-20-22-24-26-34(40)36-28-30-38(3,32-33-39)31-29-37-35(41)27-25-23-21-19-17-15-13-11-9-7-5-2/h39H,4-33H2,1-3H3,(H-,36,37,40,41)/p+1. The van der Waals surface area contributed by atoms with E-state index in [1.54, 1.807) is 0 Å². The quantitative estimate of drug-likeness (QED) is 0.0554. The molecular formula is C35H72N3O3+. The molecule has 3 N–H and O–H groups in total. The smallest absolute Gasteiger partial charge is 0.220 e. The second-order valence-corrected chi connectivity index (χ2v) is 12.8. The minimum atomic E-state index is 0.107. The highest BCUT2D eigenvalue weighted by atomic mass is 16.3. The Morgan fingerprint density at radius 3 is 1.07 bits per heavy atom. The molecule has 244 valence electrons. The van der Waals surface area contributed by atoms with Crippen LogP contribution in [0.2, 0.25) is 0 Å². The van der Waals surface area contributed by atoms with Gasteiger partial charge < -0.3 is 20.2 Å². The molecule has 0 aromatic rings. The van der Waals surface area contributed by atoms with Crippen molar-refractivity contribution in [3.05, 3.63) is 0 Å². The van der Waals surface area contributed by atoms with Crippen LogP contribution in [0.4, 0.5) is 0 Å². The van der Waals surface area contributed by atoms with Gasteiger partial charge in [-0.3, -0.25) is 9.59 Å². The molecule has 2 amide bonds. The van der Waals surface area contributed by atoms with Crippen molar-refractivity contribution in [1.82, 2.24) is 10.6 Å². The minimum absolute atomic E-state index is 0.107. The molecule has 0 aromatic heterocycles. The van der Waals surface area contributed by atoms with Gasteiger partial charge in [-0.25, -0.2) is 0 Å². The Morgan fingerprint density at radius 2 is 0.780 bits per heavy atom. The molecule has 0 atom stereocenters. The van der Waals surface area contributed by atoms with Crippen molar-refractivity contribution in [2.45, 2.75) is 168 Å². The molecule has 41 heavy (non-hydrogen) atoms. The molecule has 0 aromatic carbocycles. The molecule has 0 unspecified atom stereocenters. The van der Waals surface area contributed by atoms with Crippen LogP contribution in [0.5, 0.6) is 0 Å². The molecule has 0 aliphatic rings. The van der Waals surface area contributed by atoms with Gasteiger partial charge >= 0.3 is 0 Å². The summed E-state index contributed by atoms with van der Waals surface area (Å²) < 4.78 is 0.647. The monoisotopic (exact) mass is 583 g/mol. The van der Waals surface area contributed by atoms with E-state index in [1.807, 2.05) is 0 Å². The summed E-state index contributed by atoms with van der Waals surface area (Å²) in [7, 11) is 2.10. The normalized spacial score (nSPS) is 11.6. The maximum Gasteiger partial charge on any atom is 0.220 e. The molecule has 0 bridgehead atoms. The summed E-state index contributed by atoms with van der Waals surface area (Å²) in [4.78, 5) is 24.5. The fourth-order valence-corrected chi connectivity index (χ4v) is 5.58. The summed E-state index contributed by atoms with van der Waals surface area (Å²) in [5.41, 5.74) is 0. The van der Waals surface area contributed by atoms with Gasteiger partial charge in [0.05, 0.1) is 39.8 Å². The lowest BCUT2D eigenvalue weighted by Crippen LogP contribution is -2.53. The summed E-state index contributed by atoms with van der Waals surface area (Å²) >= 11 is 0. The van der Waals surface area contributed by atoms with E-state index < -0.39 is 0 Å². The van der Waals surface area contributed by atoms with Crippen LogP contribution in [-0.4, -0.2) is 67.8 Å². The Balaban J connectivity index is 3.77. The summed E-state index contributed by atoms with van der Waals surface area (Å²) in [5.74, 6) is 0.272. The Morgan fingerprint density at radius 1 is 0.488 bits per heavy atom. The molecule has 0 fully saturated rings. The van der Waals surface area contributed by atoms with Crippen LogP contribution in [0, 0.1) is 0 Å². The lowest BCUT2D eigenvalue weighted by atomic mass is 10.1. The van der Waals surface area contributed by atoms with E-state index in [1.165, 1.54) is 116 Å². The molecule has 0 radical (unpaired) electrons. The van der Waals surface area contributed by atoms with Gasteiger partial charge in [0.15, 0.2) is 0 Å². The average Bonchev–Trinajstić information content (AvgIpc) is 2.94. The van der Waals surface area contributed by atoms with Crippen molar-refractivity contribution in [1.29, 1.82) is 0 Å². The number of amides is 2. The van der Waals surface area contributed by atoms with Crippen LogP contribution in [0.15, 0.2) is 0 Å². The lowest BCUT2D eigenvalue weighted by Gasteiger charge is -2.34. The Hall–Kier alpha value is -1.14. The van der Waals surface area contributed by atoms with Crippen molar-refractivity contribution < 1.29 is 19.2 Å². The third-order valence-electron chi connectivity index (χ3n) is 8.60. The summed E-state index contributed by atoms with van der Waals surface area (Å²) in [6.45, 7) is 8.01. The first kappa shape index (κ1) is 39.9. The van der Waals surface area contributed by atoms with E-state index in [0.29, 0.717) is 37.0 Å². The van der Waals surface area contributed by atoms with E-state index in [-0.39, 0.29) is 18.4 Å². The first-order chi connectivity index (χ1) is 20.0. The van der Waals surface area contributed by atoms with Gasteiger partial charge in [0, 0.05) is 12.8 Å². The molecule has 0 rings (SSSR count). The Kier molecular flexibility index (Phi) is 29.5. The zero-order chi connectivity index (χ0) is 30.3. The number of hydrogen-bond donors (Lipinski definition) is 3. The third-order valence-corrected chi connectivity index (χ3v) is 8.60. The predicted molar refractivity (Wildman–Crippen MR) is 176 cm³/mol. The van der Waals surface area contributed by atoms with Crippen LogP contribution in [-0.2, 0) is 9.59 Å². The average molecular weight is 583 g/mol.